The fourth-order valence-electron chi connectivity index (χ4n) is 2.79. The van der Waals surface area contributed by atoms with Crippen molar-refractivity contribution in [3.8, 4) is 16.9 Å². The molecule has 0 aliphatic rings. The standard InChI is InChI=1S/C22H18N2O5/c1-15(29-21-12-11-16(14-25)13-20(21)24(27)28)22(26)23-19-10-6-5-9-18(19)17-7-3-2-4-8-17/h2-15H,1H3,(H,23,26)/t15-/m1/s1. The van der Waals surface area contributed by atoms with Gasteiger partial charge in [0.2, 0.25) is 0 Å². The molecule has 0 saturated carbocycles. The molecule has 0 fully saturated rings. The Morgan fingerprint density at radius 1 is 1.07 bits per heavy atom. The molecule has 3 aromatic rings. The van der Waals surface area contributed by atoms with Crippen LogP contribution in [-0.4, -0.2) is 23.2 Å². The summed E-state index contributed by atoms with van der Waals surface area (Å²) in [5.41, 5.74) is 2.16. The normalized spacial score (nSPS) is 11.3. The summed E-state index contributed by atoms with van der Waals surface area (Å²) < 4.78 is 5.52. The van der Waals surface area contributed by atoms with E-state index in [0.29, 0.717) is 12.0 Å². The van der Waals surface area contributed by atoms with E-state index in [4.69, 9.17) is 4.74 Å². The molecule has 0 spiro atoms. The number of carbonyl (C=O) groups excluding carboxylic acids is 2. The second kappa shape index (κ2) is 8.79. The average Bonchev–Trinajstić information content (AvgIpc) is 2.74. The van der Waals surface area contributed by atoms with Gasteiger partial charge in [-0.15, -0.1) is 0 Å². The lowest BCUT2D eigenvalue weighted by Gasteiger charge is -2.17. The van der Waals surface area contributed by atoms with Crippen LogP contribution in [0.4, 0.5) is 11.4 Å². The van der Waals surface area contributed by atoms with Gasteiger partial charge in [-0.2, -0.15) is 0 Å². The first-order valence-electron chi connectivity index (χ1n) is 8.85. The van der Waals surface area contributed by atoms with E-state index in [2.05, 4.69) is 5.32 Å². The molecule has 0 saturated heterocycles. The molecule has 0 bridgehead atoms. The van der Waals surface area contributed by atoms with E-state index >= 15 is 0 Å². The minimum atomic E-state index is -1.00. The SMILES string of the molecule is C[C@@H](Oc1ccc(C=O)cc1[N+](=O)[O-])C(=O)Nc1ccccc1-c1ccccc1. The lowest BCUT2D eigenvalue weighted by Crippen LogP contribution is -2.30. The number of benzene rings is 3. The molecule has 1 atom stereocenters. The minimum Gasteiger partial charge on any atom is -0.474 e. The monoisotopic (exact) mass is 390 g/mol. The third-order valence-electron chi connectivity index (χ3n) is 4.26. The number of aldehydes is 1. The number of nitro groups is 1. The Balaban J connectivity index is 1.79. The van der Waals surface area contributed by atoms with E-state index in [1.165, 1.54) is 19.1 Å². The fraction of sp³-hybridized carbons (Fsp3) is 0.0909. The number of carbonyl (C=O) groups is 2. The number of nitrogens with zero attached hydrogens (tertiary/aromatic N) is 1. The van der Waals surface area contributed by atoms with Crippen LogP contribution in [0.3, 0.4) is 0 Å². The maximum absolute atomic E-state index is 12.6. The number of anilines is 1. The number of rotatable bonds is 7. The maximum Gasteiger partial charge on any atom is 0.311 e. The Kier molecular flexibility index (Phi) is 5.99. The van der Waals surface area contributed by atoms with Gasteiger partial charge in [0.1, 0.15) is 6.29 Å². The summed E-state index contributed by atoms with van der Waals surface area (Å²) in [4.78, 5) is 34.1. The van der Waals surface area contributed by atoms with Crippen molar-refractivity contribution in [2.45, 2.75) is 13.0 Å². The number of ether oxygens (including phenoxy) is 1. The zero-order valence-corrected chi connectivity index (χ0v) is 15.6. The van der Waals surface area contributed by atoms with Crippen molar-refractivity contribution in [3.63, 3.8) is 0 Å². The van der Waals surface area contributed by atoms with Crippen molar-refractivity contribution >= 4 is 23.6 Å². The molecule has 3 aromatic carbocycles. The highest BCUT2D eigenvalue weighted by atomic mass is 16.6. The smallest absolute Gasteiger partial charge is 0.311 e. The molecule has 0 aliphatic heterocycles. The zero-order chi connectivity index (χ0) is 20.8. The highest BCUT2D eigenvalue weighted by molar-refractivity contribution is 5.98. The van der Waals surface area contributed by atoms with Crippen molar-refractivity contribution in [3.05, 3.63) is 88.5 Å². The molecule has 7 nitrogen and oxygen atoms in total. The Bertz CT molecular complexity index is 1050. The fourth-order valence-corrected chi connectivity index (χ4v) is 2.79. The minimum absolute atomic E-state index is 0.0837. The van der Waals surface area contributed by atoms with Crippen LogP contribution in [0.5, 0.6) is 5.75 Å². The van der Waals surface area contributed by atoms with E-state index in [-0.39, 0.29) is 17.0 Å². The maximum atomic E-state index is 12.6. The highest BCUT2D eigenvalue weighted by Crippen LogP contribution is 2.30. The number of para-hydroxylation sites is 1. The first-order chi connectivity index (χ1) is 14.0. The number of nitro benzene ring substituents is 1. The molecule has 7 heteroatoms. The van der Waals surface area contributed by atoms with E-state index in [1.54, 1.807) is 12.1 Å². The molecular formula is C22H18N2O5. The van der Waals surface area contributed by atoms with Gasteiger partial charge >= 0.3 is 5.69 Å². The third kappa shape index (κ3) is 4.65. The molecule has 0 unspecified atom stereocenters. The van der Waals surface area contributed by atoms with Gasteiger partial charge in [0.25, 0.3) is 5.91 Å². The van der Waals surface area contributed by atoms with Gasteiger partial charge < -0.3 is 10.1 Å². The van der Waals surface area contributed by atoms with E-state index in [1.807, 2.05) is 42.5 Å². The summed E-state index contributed by atoms with van der Waals surface area (Å²) >= 11 is 0. The first-order valence-corrected chi connectivity index (χ1v) is 8.85. The van der Waals surface area contributed by atoms with E-state index in [0.717, 1.165) is 17.2 Å². The van der Waals surface area contributed by atoms with Crippen LogP contribution in [0, 0.1) is 10.1 Å². The van der Waals surface area contributed by atoms with E-state index < -0.39 is 16.9 Å². The summed E-state index contributed by atoms with van der Waals surface area (Å²) in [6.07, 6.45) is -0.493. The Hall–Kier alpha value is -4.00. The molecule has 3 rings (SSSR count). The van der Waals surface area contributed by atoms with Crippen LogP contribution in [0.25, 0.3) is 11.1 Å². The largest absolute Gasteiger partial charge is 0.474 e. The van der Waals surface area contributed by atoms with Crippen molar-refractivity contribution in [2.75, 3.05) is 5.32 Å². The zero-order valence-electron chi connectivity index (χ0n) is 15.6. The summed E-state index contributed by atoms with van der Waals surface area (Å²) in [5, 5.41) is 14.1. The van der Waals surface area contributed by atoms with Gasteiger partial charge in [0, 0.05) is 22.9 Å². The molecule has 0 aromatic heterocycles. The van der Waals surface area contributed by atoms with Crippen LogP contribution in [-0.2, 0) is 4.79 Å². The van der Waals surface area contributed by atoms with Gasteiger partial charge in [-0.05, 0) is 30.7 Å². The van der Waals surface area contributed by atoms with Crippen LogP contribution in [0.15, 0.2) is 72.8 Å². The molecule has 146 valence electrons. The van der Waals surface area contributed by atoms with Crippen molar-refractivity contribution in [1.82, 2.24) is 0 Å². The summed E-state index contributed by atoms with van der Waals surface area (Å²) in [6.45, 7) is 1.50. The predicted octanol–water partition coefficient (Wildman–Crippen LogP) is 4.48. The summed E-state index contributed by atoms with van der Waals surface area (Å²) in [7, 11) is 0. The molecule has 1 N–H and O–H groups in total. The first kappa shape index (κ1) is 19.8. The van der Waals surface area contributed by atoms with Gasteiger partial charge in [-0.25, -0.2) is 0 Å². The molecule has 1 amide bonds. The number of amides is 1. The van der Waals surface area contributed by atoms with Gasteiger partial charge in [0.15, 0.2) is 11.9 Å². The Morgan fingerprint density at radius 3 is 2.45 bits per heavy atom. The van der Waals surface area contributed by atoms with Gasteiger partial charge in [0.05, 0.1) is 4.92 Å². The third-order valence-corrected chi connectivity index (χ3v) is 4.26. The predicted molar refractivity (Wildman–Crippen MR) is 109 cm³/mol. The second-order valence-electron chi connectivity index (χ2n) is 6.26. The van der Waals surface area contributed by atoms with Crippen LogP contribution >= 0.6 is 0 Å². The van der Waals surface area contributed by atoms with Crippen molar-refractivity contribution in [2.24, 2.45) is 0 Å². The quantitative estimate of drug-likeness (QED) is 0.364. The van der Waals surface area contributed by atoms with Gasteiger partial charge in [-0.3, -0.25) is 19.7 Å². The van der Waals surface area contributed by atoms with Crippen LogP contribution < -0.4 is 10.1 Å². The lowest BCUT2D eigenvalue weighted by molar-refractivity contribution is -0.386. The highest BCUT2D eigenvalue weighted by Gasteiger charge is 2.22. The number of nitrogens with one attached hydrogen (secondary N) is 1. The average molecular weight is 390 g/mol. The van der Waals surface area contributed by atoms with Crippen molar-refractivity contribution in [1.29, 1.82) is 0 Å². The van der Waals surface area contributed by atoms with E-state index in [9.17, 15) is 19.7 Å². The molecule has 0 radical (unpaired) electrons. The molecule has 0 aliphatic carbocycles. The van der Waals surface area contributed by atoms with Crippen LogP contribution in [0.1, 0.15) is 17.3 Å². The topological polar surface area (TPSA) is 98.5 Å². The van der Waals surface area contributed by atoms with Crippen molar-refractivity contribution < 1.29 is 19.2 Å². The summed E-state index contributed by atoms with van der Waals surface area (Å²) in [5.74, 6) is -0.540. The Morgan fingerprint density at radius 2 is 1.76 bits per heavy atom. The molecule has 29 heavy (non-hydrogen) atoms. The summed E-state index contributed by atoms with van der Waals surface area (Å²) in [6, 6.07) is 20.7. The molecular weight excluding hydrogens is 372 g/mol. The van der Waals surface area contributed by atoms with Gasteiger partial charge in [-0.1, -0.05) is 48.5 Å². The Labute approximate surface area is 167 Å². The number of hydrogen-bond donors (Lipinski definition) is 1. The lowest BCUT2D eigenvalue weighted by atomic mass is 10.0. The molecule has 0 heterocycles. The van der Waals surface area contributed by atoms with Crippen LogP contribution in [0.2, 0.25) is 0 Å². The number of hydrogen-bond acceptors (Lipinski definition) is 5. The second-order valence-corrected chi connectivity index (χ2v) is 6.26.